The summed E-state index contributed by atoms with van der Waals surface area (Å²) in [4.78, 5) is 41.4. The number of carbonyl (C=O) groups is 3. The number of urea groups is 1. The summed E-state index contributed by atoms with van der Waals surface area (Å²) in [5.74, 6) is -0.743. The number of nitrogens with one attached hydrogen (secondary N) is 3. The number of anilines is 2. The van der Waals surface area contributed by atoms with Crippen molar-refractivity contribution in [2.24, 2.45) is 0 Å². The van der Waals surface area contributed by atoms with E-state index in [0.717, 1.165) is 16.7 Å². The Bertz CT molecular complexity index is 1280. The van der Waals surface area contributed by atoms with Gasteiger partial charge in [-0.05, 0) is 62.9 Å². The SMILES string of the molecule is Cc1ccccc1NC(=O)NC1CC(c2ccccc2)c2ccccc2N(CC(=O)NC(C)(C)C)C1=O. The predicted octanol–water partition coefficient (Wildman–Crippen LogP) is 4.97. The highest BCUT2D eigenvalue weighted by Gasteiger charge is 2.37. The fourth-order valence-electron chi connectivity index (χ4n) is 4.71. The van der Waals surface area contributed by atoms with Gasteiger partial charge in [0, 0.05) is 22.8 Å². The van der Waals surface area contributed by atoms with Crippen molar-refractivity contribution in [2.75, 3.05) is 16.8 Å². The van der Waals surface area contributed by atoms with Gasteiger partial charge in [0.15, 0.2) is 0 Å². The van der Waals surface area contributed by atoms with Crippen molar-refractivity contribution in [3.63, 3.8) is 0 Å². The van der Waals surface area contributed by atoms with Gasteiger partial charge in [-0.1, -0.05) is 66.7 Å². The van der Waals surface area contributed by atoms with Crippen LogP contribution in [-0.2, 0) is 9.59 Å². The highest BCUT2D eigenvalue weighted by molar-refractivity contribution is 6.05. The van der Waals surface area contributed by atoms with Crippen molar-refractivity contribution in [1.29, 1.82) is 0 Å². The molecule has 3 aromatic carbocycles. The molecule has 0 saturated heterocycles. The Morgan fingerprint density at radius 1 is 0.919 bits per heavy atom. The van der Waals surface area contributed by atoms with Gasteiger partial charge in [0.25, 0.3) is 0 Å². The van der Waals surface area contributed by atoms with Gasteiger partial charge >= 0.3 is 6.03 Å². The minimum atomic E-state index is -0.843. The average molecular weight is 499 g/mol. The summed E-state index contributed by atoms with van der Waals surface area (Å²) >= 11 is 0. The van der Waals surface area contributed by atoms with Gasteiger partial charge in [-0.2, -0.15) is 0 Å². The highest BCUT2D eigenvalue weighted by Crippen LogP contribution is 2.39. The van der Waals surface area contributed by atoms with E-state index < -0.39 is 17.6 Å². The lowest BCUT2D eigenvalue weighted by Crippen LogP contribution is -2.53. The number of fused-ring (bicyclic) bond motifs is 1. The topological polar surface area (TPSA) is 90.5 Å². The fourth-order valence-corrected chi connectivity index (χ4v) is 4.71. The van der Waals surface area contributed by atoms with Crippen LogP contribution in [-0.4, -0.2) is 36.0 Å². The third-order valence-corrected chi connectivity index (χ3v) is 6.36. The molecule has 37 heavy (non-hydrogen) atoms. The lowest BCUT2D eigenvalue weighted by molar-refractivity contribution is -0.125. The van der Waals surface area contributed by atoms with Crippen molar-refractivity contribution in [3.05, 3.63) is 95.6 Å². The minimum absolute atomic E-state index is 0.147. The summed E-state index contributed by atoms with van der Waals surface area (Å²) in [6.07, 6.45) is 0.360. The number of benzene rings is 3. The maximum Gasteiger partial charge on any atom is 0.319 e. The molecule has 4 amide bonds. The zero-order chi connectivity index (χ0) is 26.6. The van der Waals surface area contributed by atoms with Crippen LogP contribution in [0, 0.1) is 6.92 Å². The summed E-state index contributed by atoms with van der Waals surface area (Å²) < 4.78 is 0. The van der Waals surface area contributed by atoms with E-state index in [0.29, 0.717) is 17.8 Å². The molecule has 4 rings (SSSR count). The summed E-state index contributed by atoms with van der Waals surface area (Å²) in [6.45, 7) is 7.45. The third kappa shape index (κ3) is 6.36. The molecule has 0 bridgehead atoms. The van der Waals surface area contributed by atoms with Crippen molar-refractivity contribution in [1.82, 2.24) is 10.6 Å². The van der Waals surface area contributed by atoms with Gasteiger partial charge in [0.2, 0.25) is 11.8 Å². The minimum Gasteiger partial charge on any atom is -0.350 e. The monoisotopic (exact) mass is 498 g/mol. The molecule has 1 aliphatic rings. The molecule has 0 fully saturated rings. The van der Waals surface area contributed by atoms with Gasteiger partial charge in [-0.3, -0.25) is 9.59 Å². The van der Waals surface area contributed by atoms with E-state index in [-0.39, 0.29) is 24.3 Å². The van der Waals surface area contributed by atoms with Gasteiger partial charge in [0.1, 0.15) is 12.6 Å². The van der Waals surface area contributed by atoms with Crippen LogP contribution >= 0.6 is 0 Å². The number of nitrogens with zero attached hydrogens (tertiary/aromatic N) is 1. The smallest absolute Gasteiger partial charge is 0.319 e. The maximum atomic E-state index is 13.9. The Morgan fingerprint density at radius 3 is 2.27 bits per heavy atom. The summed E-state index contributed by atoms with van der Waals surface area (Å²) in [5.41, 5.74) is 3.80. The molecule has 0 aromatic heterocycles. The van der Waals surface area contributed by atoms with E-state index in [4.69, 9.17) is 0 Å². The van der Waals surface area contributed by atoms with Crippen LogP contribution in [0.25, 0.3) is 0 Å². The molecule has 1 aliphatic heterocycles. The Hall–Kier alpha value is -4.13. The molecule has 7 heteroatoms. The van der Waals surface area contributed by atoms with Crippen LogP contribution in [0.15, 0.2) is 78.9 Å². The van der Waals surface area contributed by atoms with E-state index in [1.54, 1.807) is 0 Å². The lowest BCUT2D eigenvalue weighted by Gasteiger charge is -2.28. The van der Waals surface area contributed by atoms with Crippen LogP contribution in [0.2, 0.25) is 0 Å². The molecule has 2 atom stereocenters. The Balaban J connectivity index is 1.70. The second-order valence-corrected chi connectivity index (χ2v) is 10.4. The van der Waals surface area contributed by atoms with Crippen molar-refractivity contribution >= 4 is 29.2 Å². The quantitative estimate of drug-likeness (QED) is 0.464. The maximum absolute atomic E-state index is 13.9. The normalized spacial score (nSPS) is 17.4. The Labute approximate surface area is 218 Å². The second kappa shape index (κ2) is 10.9. The third-order valence-electron chi connectivity index (χ3n) is 6.36. The van der Waals surface area contributed by atoms with E-state index in [1.807, 2.05) is 107 Å². The molecule has 3 N–H and O–H groups in total. The molecule has 0 aliphatic carbocycles. The van der Waals surface area contributed by atoms with Gasteiger partial charge in [-0.15, -0.1) is 0 Å². The van der Waals surface area contributed by atoms with E-state index >= 15 is 0 Å². The second-order valence-electron chi connectivity index (χ2n) is 10.4. The van der Waals surface area contributed by atoms with Gasteiger partial charge < -0.3 is 20.9 Å². The Kier molecular flexibility index (Phi) is 7.62. The van der Waals surface area contributed by atoms with Crippen molar-refractivity contribution in [3.8, 4) is 0 Å². The number of rotatable bonds is 5. The zero-order valence-corrected chi connectivity index (χ0v) is 21.7. The van der Waals surface area contributed by atoms with Crippen molar-refractivity contribution in [2.45, 2.75) is 51.6 Å². The molecule has 1 heterocycles. The number of carbonyl (C=O) groups excluding carboxylic acids is 3. The molecular weight excluding hydrogens is 464 g/mol. The number of hydrogen-bond donors (Lipinski definition) is 3. The summed E-state index contributed by atoms with van der Waals surface area (Å²) in [5, 5.41) is 8.70. The van der Waals surface area contributed by atoms with E-state index in [2.05, 4.69) is 16.0 Å². The molecular formula is C30H34N4O3. The standard InChI is InChI=1S/C30H34N4O3/c1-20-12-8-10-16-24(20)31-29(37)32-25-18-23(21-13-6-5-7-14-21)22-15-9-11-17-26(22)34(28(25)36)19-27(35)33-30(2,3)4/h5-17,23,25H,18-19H2,1-4H3,(H,33,35)(H2,31,32,37). The number of aryl methyl sites for hydroxylation is 1. The largest absolute Gasteiger partial charge is 0.350 e. The average Bonchev–Trinajstić information content (AvgIpc) is 2.96. The van der Waals surface area contributed by atoms with Gasteiger partial charge in [0.05, 0.1) is 0 Å². The van der Waals surface area contributed by atoms with E-state index in [9.17, 15) is 14.4 Å². The Morgan fingerprint density at radius 2 is 1.57 bits per heavy atom. The first kappa shape index (κ1) is 25.9. The first-order chi connectivity index (χ1) is 17.6. The molecule has 192 valence electrons. The van der Waals surface area contributed by atoms with Gasteiger partial charge in [-0.25, -0.2) is 4.79 Å². The molecule has 2 unspecified atom stereocenters. The van der Waals surface area contributed by atoms with Crippen LogP contribution in [0.3, 0.4) is 0 Å². The lowest BCUT2D eigenvalue weighted by atomic mass is 9.86. The molecule has 0 radical (unpaired) electrons. The number of hydrogen-bond acceptors (Lipinski definition) is 3. The first-order valence-electron chi connectivity index (χ1n) is 12.5. The molecule has 7 nitrogen and oxygen atoms in total. The van der Waals surface area contributed by atoms with Crippen LogP contribution < -0.4 is 20.9 Å². The number of para-hydroxylation sites is 2. The number of amides is 4. The molecule has 3 aromatic rings. The molecule has 0 saturated carbocycles. The van der Waals surface area contributed by atoms with Crippen LogP contribution in [0.1, 0.15) is 49.8 Å². The first-order valence-corrected chi connectivity index (χ1v) is 12.5. The highest BCUT2D eigenvalue weighted by atomic mass is 16.2. The summed E-state index contributed by atoms with van der Waals surface area (Å²) in [7, 11) is 0. The van der Waals surface area contributed by atoms with Crippen LogP contribution in [0.5, 0.6) is 0 Å². The van der Waals surface area contributed by atoms with E-state index in [1.165, 1.54) is 4.90 Å². The predicted molar refractivity (Wildman–Crippen MR) is 147 cm³/mol. The molecule has 0 spiro atoms. The zero-order valence-electron chi connectivity index (χ0n) is 21.7. The summed E-state index contributed by atoms with van der Waals surface area (Å²) in [6, 6.07) is 23.7. The van der Waals surface area contributed by atoms with Crippen LogP contribution in [0.4, 0.5) is 16.2 Å². The van der Waals surface area contributed by atoms with Crippen molar-refractivity contribution < 1.29 is 14.4 Å². The fraction of sp³-hybridized carbons (Fsp3) is 0.300.